The lowest BCUT2D eigenvalue weighted by molar-refractivity contribution is 0.126. The lowest BCUT2D eigenvalue weighted by Crippen LogP contribution is -2.39. The van der Waals surface area contributed by atoms with E-state index < -0.39 is 0 Å². The average Bonchev–Trinajstić information content (AvgIpc) is 3.10. The van der Waals surface area contributed by atoms with Gasteiger partial charge in [0.1, 0.15) is 0 Å². The molecule has 2 atom stereocenters. The zero-order chi connectivity index (χ0) is 14.7. The van der Waals surface area contributed by atoms with Crippen LogP contribution >= 0.6 is 11.6 Å². The second kappa shape index (κ2) is 7.10. The highest BCUT2D eigenvalue weighted by atomic mass is 35.5. The van der Waals surface area contributed by atoms with Crippen molar-refractivity contribution in [3.05, 3.63) is 34.3 Å². The van der Waals surface area contributed by atoms with Gasteiger partial charge in [0.2, 0.25) is 0 Å². The molecule has 2 aliphatic heterocycles. The molecule has 116 valence electrons. The van der Waals surface area contributed by atoms with E-state index >= 15 is 0 Å². The van der Waals surface area contributed by atoms with Crippen molar-refractivity contribution in [2.45, 2.75) is 32.4 Å². The van der Waals surface area contributed by atoms with Crippen LogP contribution in [0.25, 0.3) is 0 Å². The molecule has 0 amide bonds. The fraction of sp³-hybridized carbons (Fsp3) is 0.647. The fourth-order valence-corrected chi connectivity index (χ4v) is 3.80. The van der Waals surface area contributed by atoms with Gasteiger partial charge in [0, 0.05) is 30.8 Å². The summed E-state index contributed by atoms with van der Waals surface area (Å²) in [5, 5.41) is 4.31. The zero-order valence-corrected chi connectivity index (χ0v) is 13.5. The summed E-state index contributed by atoms with van der Waals surface area (Å²) in [6.07, 6.45) is 2.44. The number of rotatable bonds is 5. The van der Waals surface area contributed by atoms with E-state index in [1.807, 2.05) is 6.07 Å². The minimum atomic E-state index is 0.560. The van der Waals surface area contributed by atoms with E-state index in [4.69, 9.17) is 16.3 Å². The van der Waals surface area contributed by atoms with E-state index in [-0.39, 0.29) is 0 Å². The van der Waals surface area contributed by atoms with Gasteiger partial charge in [-0.2, -0.15) is 0 Å². The van der Waals surface area contributed by atoms with E-state index in [1.165, 1.54) is 17.5 Å². The molecule has 0 spiro atoms. The maximum atomic E-state index is 6.21. The number of benzene rings is 1. The number of ether oxygens (including phenoxy) is 1. The Bertz CT molecular complexity index is 448. The molecule has 21 heavy (non-hydrogen) atoms. The second-order valence-corrected chi connectivity index (χ2v) is 6.88. The lowest BCUT2D eigenvalue weighted by atomic mass is 10.0. The minimum absolute atomic E-state index is 0.560. The van der Waals surface area contributed by atoms with E-state index in [1.54, 1.807) is 0 Å². The Labute approximate surface area is 132 Å². The number of nitrogens with zero attached hydrogens (tertiary/aromatic N) is 1. The first-order valence-corrected chi connectivity index (χ1v) is 8.37. The maximum Gasteiger partial charge on any atom is 0.0622 e. The zero-order valence-electron chi connectivity index (χ0n) is 12.8. The third kappa shape index (κ3) is 4.19. The Balaban J connectivity index is 1.70. The van der Waals surface area contributed by atoms with E-state index in [2.05, 4.69) is 29.3 Å². The highest BCUT2D eigenvalue weighted by molar-refractivity contribution is 6.30. The molecule has 0 radical (unpaired) electrons. The lowest BCUT2D eigenvalue weighted by Gasteiger charge is -2.30. The Hall–Kier alpha value is -0.610. The van der Waals surface area contributed by atoms with E-state index in [0.717, 1.165) is 56.8 Å². The quantitative estimate of drug-likeness (QED) is 0.905. The van der Waals surface area contributed by atoms with E-state index in [9.17, 15) is 0 Å². The summed E-state index contributed by atoms with van der Waals surface area (Å²) in [7, 11) is 0. The number of hydrogen-bond acceptors (Lipinski definition) is 3. The summed E-state index contributed by atoms with van der Waals surface area (Å²) in [4.78, 5) is 2.61. The molecule has 1 aromatic carbocycles. The first-order valence-electron chi connectivity index (χ1n) is 7.99. The Morgan fingerprint density at radius 2 is 2.24 bits per heavy atom. The van der Waals surface area contributed by atoms with E-state index in [0.29, 0.717) is 6.04 Å². The van der Waals surface area contributed by atoms with Crippen LogP contribution in [0.15, 0.2) is 18.2 Å². The molecule has 2 heterocycles. The molecule has 0 saturated carbocycles. The molecule has 2 aliphatic rings. The van der Waals surface area contributed by atoms with Crippen LogP contribution in [-0.2, 0) is 11.3 Å². The smallest absolute Gasteiger partial charge is 0.0622 e. The van der Waals surface area contributed by atoms with Crippen molar-refractivity contribution in [1.29, 1.82) is 0 Å². The Morgan fingerprint density at radius 1 is 1.33 bits per heavy atom. The predicted octanol–water partition coefficient (Wildman–Crippen LogP) is 2.85. The van der Waals surface area contributed by atoms with Gasteiger partial charge < -0.3 is 10.1 Å². The van der Waals surface area contributed by atoms with Gasteiger partial charge in [-0.25, -0.2) is 0 Å². The topological polar surface area (TPSA) is 24.5 Å². The molecule has 3 nitrogen and oxygen atoms in total. The first kappa shape index (κ1) is 15.3. The highest BCUT2D eigenvalue weighted by Gasteiger charge is 2.27. The number of halogens is 1. The molecule has 0 aromatic heterocycles. The van der Waals surface area contributed by atoms with Gasteiger partial charge in [0.15, 0.2) is 0 Å². The van der Waals surface area contributed by atoms with Gasteiger partial charge >= 0.3 is 0 Å². The molecule has 0 aliphatic carbocycles. The second-order valence-electron chi connectivity index (χ2n) is 6.44. The molecule has 1 aromatic rings. The predicted molar refractivity (Wildman–Crippen MR) is 86.8 cm³/mol. The Kier molecular flexibility index (Phi) is 5.17. The van der Waals surface area contributed by atoms with Crippen LogP contribution in [0.1, 0.15) is 24.0 Å². The normalized spacial score (nSPS) is 25.9. The van der Waals surface area contributed by atoms with Crippen molar-refractivity contribution in [2.24, 2.45) is 5.92 Å². The molecule has 0 bridgehead atoms. The van der Waals surface area contributed by atoms with Crippen molar-refractivity contribution in [1.82, 2.24) is 10.2 Å². The van der Waals surface area contributed by atoms with Gasteiger partial charge in [-0.1, -0.05) is 17.7 Å². The van der Waals surface area contributed by atoms with Crippen LogP contribution in [0.3, 0.4) is 0 Å². The summed E-state index contributed by atoms with van der Waals surface area (Å²) in [6.45, 7) is 8.34. The average molecular weight is 309 g/mol. The Morgan fingerprint density at radius 3 is 2.90 bits per heavy atom. The van der Waals surface area contributed by atoms with Crippen LogP contribution in [-0.4, -0.2) is 43.8 Å². The van der Waals surface area contributed by atoms with Crippen LogP contribution in [0, 0.1) is 12.8 Å². The monoisotopic (exact) mass is 308 g/mol. The third-order valence-corrected chi connectivity index (χ3v) is 4.78. The summed E-state index contributed by atoms with van der Waals surface area (Å²) in [5.41, 5.74) is 2.56. The molecular weight excluding hydrogens is 284 g/mol. The molecule has 4 heteroatoms. The van der Waals surface area contributed by atoms with Gasteiger partial charge in [-0.3, -0.25) is 4.90 Å². The van der Waals surface area contributed by atoms with Crippen LogP contribution < -0.4 is 5.32 Å². The number of hydrogen-bond donors (Lipinski definition) is 1. The summed E-state index contributed by atoms with van der Waals surface area (Å²) in [5.74, 6) is 0.769. The summed E-state index contributed by atoms with van der Waals surface area (Å²) >= 11 is 6.21. The molecular formula is C17H25ClN2O. The SMILES string of the molecule is Cc1cc(Cl)cc(CN(C[C@H]2CCNC2)C2CCOC2)c1. The van der Waals surface area contributed by atoms with Gasteiger partial charge in [-0.05, 0) is 62.0 Å². The fourth-order valence-electron chi connectivity index (χ4n) is 3.49. The highest BCUT2D eigenvalue weighted by Crippen LogP contribution is 2.22. The molecule has 2 fully saturated rings. The summed E-state index contributed by atoms with van der Waals surface area (Å²) in [6, 6.07) is 6.94. The summed E-state index contributed by atoms with van der Waals surface area (Å²) < 4.78 is 5.60. The van der Waals surface area contributed by atoms with Crippen LogP contribution in [0.2, 0.25) is 5.02 Å². The van der Waals surface area contributed by atoms with Gasteiger partial charge in [0.25, 0.3) is 0 Å². The largest absolute Gasteiger partial charge is 0.380 e. The minimum Gasteiger partial charge on any atom is -0.380 e. The first-order chi connectivity index (χ1) is 10.2. The van der Waals surface area contributed by atoms with Crippen molar-refractivity contribution in [2.75, 3.05) is 32.8 Å². The van der Waals surface area contributed by atoms with Crippen molar-refractivity contribution >= 4 is 11.6 Å². The maximum absolute atomic E-state index is 6.21. The molecule has 1 N–H and O–H groups in total. The third-order valence-electron chi connectivity index (χ3n) is 4.56. The standard InChI is InChI=1S/C17H25ClN2O/c1-13-6-15(8-16(18)7-13)11-20(17-3-5-21-12-17)10-14-2-4-19-9-14/h6-8,14,17,19H,2-5,9-12H2,1H3/t14-,17?/m0/s1. The number of aryl methyl sites for hydroxylation is 1. The number of nitrogens with one attached hydrogen (secondary N) is 1. The van der Waals surface area contributed by atoms with Crippen molar-refractivity contribution < 1.29 is 4.74 Å². The molecule has 2 saturated heterocycles. The van der Waals surface area contributed by atoms with Gasteiger partial charge in [0.05, 0.1) is 6.61 Å². The molecule has 3 rings (SSSR count). The van der Waals surface area contributed by atoms with Crippen molar-refractivity contribution in [3.8, 4) is 0 Å². The van der Waals surface area contributed by atoms with Crippen LogP contribution in [0.4, 0.5) is 0 Å². The molecule has 1 unspecified atom stereocenters. The van der Waals surface area contributed by atoms with Crippen molar-refractivity contribution in [3.63, 3.8) is 0 Å². The van der Waals surface area contributed by atoms with Gasteiger partial charge in [-0.15, -0.1) is 0 Å². The van der Waals surface area contributed by atoms with Crippen LogP contribution in [0.5, 0.6) is 0 Å².